The van der Waals surface area contributed by atoms with Crippen LogP contribution in [0.5, 0.6) is 0 Å². The van der Waals surface area contributed by atoms with Gasteiger partial charge in [-0.25, -0.2) is 8.42 Å². The first-order chi connectivity index (χ1) is 12.8. The molecule has 0 spiro atoms. The number of piperazine rings is 1. The molecule has 9 heteroatoms. The predicted octanol–water partition coefficient (Wildman–Crippen LogP) is 3.45. The van der Waals surface area contributed by atoms with E-state index in [-0.39, 0.29) is 16.8 Å². The Kier molecular flexibility index (Phi) is 6.37. The molecule has 1 fully saturated rings. The topological polar surface area (TPSA) is 78.5 Å². The van der Waals surface area contributed by atoms with Crippen LogP contribution in [0.1, 0.15) is 17.3 Å². The third kappa shape index (κ3) is 4.78. The summed E-state index contributed by atoms with van der Waals surface area (Å²) < 4.78 is 28.6. The molecule has 1 atom stereocenters. The molecule has 3 rings (SSSR count). The van der Waals surface area contributed by atoms with Crippen LogP contribution >= 0.6 is 31.9 Å². The molecule has 0 bridgehead atoms. The first-order valence-corrected chi connectivity index (χ1v) is 11.4. The summed E-state index contributed by atoms with van der Waals surface area (Å²) in [5.41, 5.74) is 1.03. The Morgan fingerprint density at radius 1 is 1.15 bits per heavy atom. The summed E-state index contributed by atoms with van der Waals surface area (Å²) in [7, 11) is -3.53. The third-order valence-electron chi connectivity index (χ3n) is 4.26. The number of halogens is 2. The first-order valence-electron chi connectivity index (χ1n) is 8.37. The average Bonchev–Trinajstić information content (AvgIpc) is 2.64. The van der Waals surface area contributed by atoms with Crippen molar-refractivity contribution >= 4 is 53.5 Å². The molecule has 0 saturated carbocycles. The summed E-state index contributed by atoms with van der Waals surface area (Å²) in [4.78, 5) is 12.6. The number of hydrogen-bond donors (Lipinski definition) is 2. The van der Waals surface area contributed by atoms with Crippen LogP contribution < -0.4 is 10.6 Å². The molecule has 2 aromatic carbocycles. The van der Waals surface area contributed by atoms with E-state index in [0.29, 0.717) is 30.9 Å². The van der Waals surface area contributed by atoms with E-state index in [0.717, 1.165) is 8.95 Å². The largest absolute Gasteiger partial charge is 0.322 e. The number of nitrogens with zero attached hydrogens (tertiary/aromatic N) is 1. The molecular weight excluding hydrogens is 498 g/mol. The van der Waals surface area contributed by atoms with E-state index >= 15 is 0 Å². The van der Waals surface area contributed by atoms with Gasteiger partial charge in [-0.1, -0.05) is 0 Å². The lowest BCUT2D eigenvalue weighted by Crippen LogP contribution is -2.51. The molecule has 6 nitrogen and oxygen atoms in total. The predicted molar refractivity (Wildman–Crippen MR) is 112 cm³/mol. The van der Waals surface area contributed by atoms with Gasteiger partial charge < -0.3 is 10.6 Å². The minimum atomic E-state index is -3.53. The maximum Gasteiger partial charge on any atom is 0.255 e. The van der Waals surface area contributed by atoms with E-state index in [4.69, 9.17) is 0 Å². The number of anilines is 1. The quantitative estimate of drug-likeness (QED) is 0.652. The van der Waals surface area contributed by atoms with Crippen molar-refractivity contribution < 1.29 is 13.2 Å². The highest BCUT2D eigenvalue weighted by atomic mass is 79.9. The Morgan fingerprint density at radius 3 is 2.48 bits per heavy atom. The van der Waals surface area contributed by atoms with E-state index in [2.05, 4.69) is 42.5 Å². The number of carbonyl (C=O) groups is 1. The lowest BCUT2D eigenvalue weighted by atomic mass is 10.2. The normalized spacial score (nSPS) is 18.3. The Hall–Kier alpha value is -1.26. The van der Waals surface area contributed by atoms with Gasteiger partial charge in [0, 0.05) is 45.9 Å². The molecule has 1 unspecified atom stereocenters. The second-order valence-corrected chi connectivity index (χ2v) is 9.97. The van der Waals surface area contributed by atoms with Crippen molar-refractivity contribution in [3.8, 4) is 0 Å². The number of amides is 1. The average molecular weight is 517 g/mol. The minimum Gasteiger partial charge on any atom is -0.322 e. The fourth-order valence-corrected chi connectivity index (χ4v) is 4.97. The van der Waals surface area contributed by atoms with Gasteiger partial charge in [0.25, 0.3) is 5.91 Å². The van der Waals surface area contributed by atoms with Crippen LogP contribution in [0.15, 0.2) is 56.3 Å². The fraction of sp³-hybridized carbons (Fsp3) is 0.278. The Balaban J connectivity index is 1.73. The van der Waals surface area contributed by atoms with Crippen LogP contribution in [0, 0.1) is 0 Å². The Bertz CT molecular complexity index is 949. The van der Waals surface area contributed by atoms with Gasteiger partial charge in [0.15, 0.2) is 0 Å². The van der Waals surface area contributed by atoms with Crippen molar-refractivity contribution in [1.82, 2.24) is 9.62 Å². The van der Waals surface area contributed by atoms with Crippen LogP contribution in [-0.4, -0.2) is 44.3 Å². The van der Waals surface area contributed by atoms with E-state index in [1.54, 1.807) is 30.3 Å². The molecule has 2 aromatic rings. The third-order valence-corrected chi connectivity index (χ3v) is 8.02. The number of carbonyl (C=O) groups excluding carboxylic acids is 1. The van der Waals surface area contributed by atoms with Gasteiger partial charge in [-0.2, -0.15) is 4.31 Å². The summed E-state index contributed by atoms with van der Waals surface area (Å²) in [6, 6.07) is 11.6. The van der Waals surface area contributed by atoms with Crippen molar-refractivity contribution in [1.29, 1.82) is 0 Å². The van der Waals surface area contributed by atoms with Crippen molar-refractivity contribution in [3.63, 3.8) is 0 Å². The van der Waals surface area contributed by atoms with Crippen molar-refractivity contribution in [3.05, 3.63) is 57.0 Å². The zero-order valence-electron chi connectivity index (χ0n) is 14.6. The monoisotopic (exact) mass is 515 g/mol. The molecule has 1 saturated heterocycles. The molecule has 1 aliphatic rings. The number of benzene rings is 2. The lowest BCUT2D eigenvalue weighted by molar-refractivity contribution is 0.102. The molecule has 2 N–H and O–H groups in total. The number of nitrogens with one attached hydrogen (secondary N) is 2. The van der Waals surface area contributed by atoms with E-state index in [1.165, 1.54) is 16.4 Å². The number of sulfonamides is 1. The van der Waals surface area contributed by atoms with Gasteiger partial charge in [-0.3, -0.25) is 4.79 Å². The maximum atomic E-state index is 12.8. The van der Waals surface area contributed by atoms with Gasteiger partial charge in [0.1, 0.15) is 0 Å². The van der Waals surface area contributed by atoms with Crippen LogP contribution in [0.3, 0.4) is 0 Å². The molecule has 27 heavy (non-hydrogen) atoms. The Labute approximate surface area is 175 Å². The smallest absolute Gasteiger partial charge is 0.255 e. The zero-order chi connectivity index (χ0) is 19.6. The molecule has 1 heterocycles. The van der Waals surface area contributed by atoms with Crippen LogP contribution in [-0.2, 0) is 10.0 Å². The summed E-state index contributed by atoms with van der Waals surface area (Å²) >= 11 is 6.74. The van der Waals surface area contributed by atoms with E-state index in [9.17, 15) is 13.2 Å². The second-order valence-electron chi connectivity index (χ2n) is 6.33. The van der Waals surface area contributed by atoms with E-state index in [1.807, 2.05) is 6.92 Å². The second kappa shape index (κ2) is 8.40. The summed E-state index contributed by atoms with van der Waals surface area (Å²) in [5, 5.41) is 6.01. The lowest BCUT2D eigenvalue weighted by Gasteiger charge is -2.31. The highest BCUT2D eigenvalue weighted by molar-refractivity contribution is 9.13. The van der Waals surface area contributed by atoms with E-state index < -0.39 is 10.0 Å². The SMILES string of the molecule is CC1CN(S(=O)(=O)c2ccc(NC(=O)c3ccc(Br)c(Br)c3)cc2)CCN1. The van der Waals surface area contributed by atoms with Gasteiger partial charge in [0.2, 0.25) is 10.0 Å². The molecule has 1 aliphatic heterocycles. The molecule has 1 amide bonds. The van der Waals surface area contributed by atoms with Crippen molar-refractivity contribution in [2.75, 3.05) is 25.0 Å². The minimum absolute atomic E-state index is 0.123. The maximum absolute atomic E-state index is 12.8. The standard InChI is InChI=1S/C18H19Br2N3O3S/c1-12-11-23(9-8-21-12)27(25,26)15-5-3-14(4-6-15)22-18(24)13-2-7-16(19)17(20)10-13/h2-7,10,12,21H,8-9,11H2,1H3,(H,22,24). The molecular formula is C18H19Br2N3O3S. The fourth-order valence-electron chi connectivity index (χ4n) is 2.82. The van der Waals surface area contributed by atoms with Crippen LogP contribution in [0.25, 0.3) is 0 Å². The van der Waals surface area contributed by atoms with Gasteiger partial charge in [-0.15, -0.1) is 0 Å². The molecule has 0 radical (unpaired) electrons. The Morgan fingerprint density at radius 2 is 1.85 bits per heavy atom. The van der Waals surface area contributed by atoms with Gasteiger partial charge in [-0.05, 0) is 81.2 Å². The highest BCUT2D eigenvalue weighted by Gasteiger charge is 2.28. The molecule has 0 aliphatic carbocycles. The van der Waals surface area contributed by atoms with Crippen LogP contribution in [0.4, 0.5) is 5.69 Å². The highest BCUT2D eigenvalue weighted by Crippen LogP contribution is 2.25. The van der Waals surface area contributed by atoms with Gasteiger partial charge in [0.05, 0.1) is 4.90 Å². The number of hydrogen-bond acceptors (Lipinski definition) is 4. The molecule has 144 valence electrons. The molecule has 0 aromatic heterocycles. The summed E-state index contributed by atoms with van der Waals surface area (Å²) in [5.74, 6) is -0.269. The summed E-state index contributed by atoms with van der Waals surface area (Å²) in [6.07, 6.45) is 0. The zero-order valence-corrected chi connectivity index (χ0v) is 18.6. The van der Waals surface area contributed by atoms with Crippen molar-refractivity contribution in [2.24, 2.45) is 0 Å². The van der Waals surface area contributed by atoms with Crippen molar-refractivity contribution in [2.45, 2.75) is 17.9 Å². The number of rotatable bonds is 4. The van der Waals surface area contributed by atoms with Gasteiger partial charge >= 0.3 is 0 Å². The first kappa shape index (κ1) is 20.5. The summed E-state index contributed by atoms with van der Waals surface area (Å²) in [6.45, 7) is 3.49. The van der Waals surface area contributed by atoms with Crippen LogP contribution in [0.2, 0.25) is 0 Å².